The standard InChI is InChI=1S/C19H21NO7/c1-23-12-8-6-7-11(9-12)18(21)20-15-13(19(22)27-5)10-14(24-2)16(25-3)17(15)26-4/h6-10H,1-5H3,(H,20,21). The van der Waals surface area contributed by atoms with Gasteiger partial charge in [0.25, 0.3) is 5.91 Å². The maximum Gasteiger partial charge on any atom is 0.340 e. The summed E-state index contributed by atoms with van der Waals surface area (Å²) in [6.07, 6.45) is 0. The summed E-state index contributed by atoms with van der Waals surface area (Å²) < 4.78 is 25.9. The smallest absolute Gasteiger partial charge is 0.340 e. The molecule has 0 unspecified atom stereocenters. The summed E-state index contributed by atoms with van der Waals surface area (Å²) in [5.74, 6) is 0.00565. The Labute approximate surface area is 156 Å². The van der Waals surface area contributed by atoms with Gasteiger partial charge in [0, 0.05) is 11.6 Å². The zero-order valence-electron chi connectivity index (χ0n) is 15.7. The number of carbonyl (C=O) groups excluding carboxylic acids is 2. The predicted molar refractivity (Wildman–Crippen MR) is 98.4 cm³/mol. The molecule has 0 spiro atoms. The molecule has 0 saturated heterocycles. The molecule has 0 aliphatic carbocycles. The molecule has 0 aliphatic rings. The minimum Gasteiger partial charge on any atom is -0.497 e. The molecule has 0 aromatic heterocycles. The van der Waals surface area contributed by atoms with Crippen LogP contribution in [0.25, 0.3) is 0 Å². The molecule has 27 heavy (non-hydrogen) atoms. The van der Waals surface area contributed by atoms with Gasteiger partial charge in [0.2, 0.25) is 5.75 Å². The highest BCUT2D eigenvalue weighted by molar-refractivity contribution is 6.10. The highest BCUT2D eigenvalue weighted by Gasteiger charge is 2.26. The third kappa shape index (κ3) is 4.05. The Morgan fingerprint density at radius 1 is 0.852 bits per heavy atom. The molecule has 0 atom stereocenters. The summed E-state index contributed by atoms with van der Waals surface area (Å²) in [4.78, 5) is 25.0. The van der Waals surface area contributed by atoms with Crippen molar-refractivity contribution in [1.29, 1.82) is 0 Å². The number of anilines is 1. The number of hydrogen-bond acceptors (Lipinski definition) is 7. The van der Waals surface area contributed by atoms with Gasteiger partial charge in [-0.1, -0.05) is 6.07 Å². The van der Waals surface area contributed by atoms with E-state index in [9.17, 15) is 9.59 Å². The Balaban J connectivity index is 2.58. The van der Waals surface area contributed by atoms with Crippen molar-refractivity contribution in [3.05, 3.63) is 41.5 Å². The molecule has 0 saturated carbocycles. The van der Waals surface area contributed by atoms with Crippen LogP contribution in [0.5, 0.6) is 23.0 Å². The summed E-state index contributed by atoms with van der Waals surface area (Å²) in [6, 6.07) is 7.99. The van der Waals surface area contributed by atoms with Crippen molar-refractivity contribution in [2.45, 2.75) is 0 Å². The quantitative estimate of drug-likeness (QED) is 0.744. The zero-order valence-corrected chi connectivity index (χ0v) is 15.7. The molecule has 1 amide bonds. The maximum atomic E-state index is 12.7. The average molecular weight is 375 g/mol. The van der Waals surface area contributed by atoms with Gasteiger partial charge in [-0.15, -0.1) is 0 Å². The molecular weight excluding hydrogens is 354 g/mol. The molecule has 2 rings (SSSR count). The number of esters is 1. The Kier molecular flexibility index (Phi) is 6.48. The molecule has 8 heteroatoms. The van der Waals surface area contributed by atoms with Gasteiger partial charge in [0.15, 0.2) is 11.5 Å². The van der Waals surface area contributed by atoms with E-state index in [4.69, 9.17) is 23.7 Å². The molecule has 0 aliphatic heterocycles. The second-order valence-electron chi connectivity index (χ2n) is 5.25. The fraction of sp³-hybridized carbons (Fsp3) is 0.263. The molecular formula is C19H21NO7. The minimum absolute atomic E-state index is 0.0586. The van der Waals surface area contributed by atoms with Gasteiger partial charge in [0.05, 0.1) is 41.1 Å². The van der Waals surface area contributed by atoms with Crippen molar-refractivity contribution in [2.24, 2.45) is 0 Å². The van der Waals surface area contributed by atoms with Crippen molar-refractivity contribution >= 4 is 17.6 Å². The number of carbonyl (C=O) groups is 2. The lowest BCUT2D eigenvalue weighted by atomic mass is 10.1. The highest BCUT2D eigenvalue weighted by atomic mass is 16.5. The summed E-state index contributed by atoms with van der Waals surface area (Å²) in [7, 11) is 6.97. The zero-order chi connectivity index (χ0) is 20.0. The van der Waals surface area contributed by atoms with Crippen LogP contribution in [0.3, 0.4) is 0 Å². The summed E-state index contributed by atoms with van der Waals surface area (Å²) >= 11 is 0. The molecule has 8 nitrogen and oxygen atoms in total. The van der Waals surface area contributed by atoms with Crippen LogP contribution in [0.2, 0.25) is 0 Å². The second-order valence-corrected chi connectivity index (χ2v) is 5.25. The Hall–Kier alpha value is -3.42. The Morgan fingerprint density at radius 3 is 2.11 bits per heavy atom. The highest BCUT2D eigenvalue weighted by Crippen LogP contribution is 2.45. The molecule has 144 valence electrons. The lowest BCUT2D eigenvalue weighted by Crippen LogP contribution is -2.17. The molecule has 2 aromatic rings. The number of hydrogen-bond donors (Lipinski definition) is 1. The van der Waals surface area contributed by atoms with E-state index in [-0.39, 0.29) is 28.5 Å². The first kappa shape index (κ1) is 19.9. The Bertz CT molecular complexity index is 848. The lowest BCUT2D eigenvalue weighted by molar-refractivity contribution is 0.0601. The van der Waals surface area contributed by atoms with Crippen molar-refractivity contribution in [3.63, 3.8) is 0 Å². The fourth-order valence-electron chi connectivity index (χ4n) is 2.50. The van der Waals surface area contributed by atoms with Crippen molar-refractivity contribution in [1.82, 2.24) is 0 Å². The van der Waals surface area contributed by atoms with Gasteiger partial charge in [-0.25, -0.2) is 4.79 Å². The molecule has 0 radical (unpaired) electrons. The largest absolute Gasteiger partial charge is 0.497 e. The van der Waals surface area contributed by atoms with Crippen molar-refractivity contribution < 1.29 is 33.3 Å². The molecule has 0 heterocycles. The topological polar surface area (TPSA) is 92.3 Å². The number of amides is 1. The van der Waals surface area contributed by atoms with Crippen molar-refractivity contribution in [3.8, 4) is 23.0 Å². The van der Waals surface area contributed by atoms with E-state index >= 15 is 0 Å². The van der Waals surface area contributed by atoms with Crippen LogP contribution in [0.1, 0.15) is 20.7 Å². The van der Waals surface area contributed by atoms with Crippen LogP contribution in [0.15, 0.2) is 30.3 Å². The van der Waals surface area contributed by atoms with Gasteiger partial charge in [0.1, 0.15) is 11.4 Å². The number of methoxy groups -OCH3 is 5. The average Bonchev–Trinajstić information content (AvgIpc) is 2.72. The number of nitrogens with one attached hydrogen (secondary N) is 1. The third-order valence-corrected chi connectivity index (χ3v) is 3.81. The van der Waals surface area contributed by atoms with Gasteiger partial charge < -0.3 is 29.0 Å². The predicted octanol–water partition coefficient (Wildman–Crippen LogP) is 2.76. The van der Waals surface area contributed by atoms with Gasteiger partial charge in [-0.05, 0) is 18.2 Å². The monoisotopic (exact) mass is 375 g/mol. The van der Waals surface area contributed by atoms with Crippen LogP contribution in [0.4, 0.5) is 5.69 Å². The molecule has 0 fully saturated rings. The number of ether oxygens (including phenoxy) is 5. The van der Waals surface area contributed by atoms with E-state index in [1.165, 1.54) is 41.6 Å². The van der Waals surface area contributed by atoms with Gasteiger partial charge in [-0.3, -0.25) is 4.79 Å². The lowest BCUT2D eigenvalue weighted by Gasteiger charge is -2.19. The van der Waals surface area contributed by atoms with E-state index < -0.39 is 11.9 Å². The maximum absolute atomic E-state index is 12.7. The number of benzene rings is 2. The Morgan fingerprint density at radius 2 is 1.56 bits per heavy atom. The van der Waals surface area contributed by atoms with E-state index in [0.717, 1.165) is 0 Å². The van der Waals surface area contributed by atoms with E-state index in [1.54, 1.807) is 24.3 Å². The van der Waals surface area contributed by atoms with Crippen molar-refractivity contribution in [2.75, 3.05) is 40.9 Å². The number of rotatable bonds is 7. The second kappa shape index (κ2) is 8.79. The SMILES string of the molecule is COC(=O)c1cc(OC)c(OC)c(OC)c1NC(=O)c1cccc(OC)c1. The van der Waals surface area contributed by atoms with Crippen LogP contribution in [0, 0.1) is 0 Å². The van der Waals surface area contributed by atoms with Gasteiger partial charge >= 0.3 is 5.97 Å². The summed E-state index contributed by atoms with van der Waals surface area (Å²) in [6.45, 7) is 0. The molecule has 0 bridgehead atoms. The normalized spacial score (nSPS) is 9.96. The third-order valence-electron chi connectivity index (χ3n) is 3.81. The first-order chi connectivity index (χ1) is 13.0. The van der Waals surface area contributed by atoms with Crippen LogP contribution in [-0.2, 0) is 4.74 Å². The summed E-state index contributed by atoms with van der Waals surface area (Å²) in [5.41, 5.74) is 0.500. The van der Waals surface area contributed by atoms with E-state index in [2.05, 4.69) is 5.32 Å². The first-order valence-electron chi connectivity index (χ1n) is 7.87. The first-order valence-corrected chi connectivity index (χ1v) is 7.87. The van der Waals surface area contributed by atoms with Gasteiger partial charge in [-0.2, -0.15) is 0 Å². The molecule has 2 aromatic carbocycles. The van der Waals surface area contributed by atoms with E-state index in [0.29, 0.717) is 11.3 Å². The minimum atomic E-state index is -0.671. The fourth-order valence-corrected chi connectivity index (χ4v) is 2.50. The van der Waals surface area contributed by atoms with Crippen LogP contribution in [-0.4, -0.2) is 47.4 Å². The van der Waals surface area contributed by atoms with E-state index in [1.807, 2.05) is 0 Å². The molecule has 1 N–H and O–H groups in total. The van der Waals surface area contributed by atoms with Crippen LogP contribution < -0.4 is 24.3 Å². The summed E-state index contributed by atoms with van der Waals surface area (Å²) in [5, 5.41) is 2.68. The van der Waals surface area contributed by atoms with Crippen LogP contribution >= 0.6 is 0 Å².